The zero-order chi connectivity index (χ0) is 12.3. The molecule has 0 bridgehead atoms. The molecule has 0 aliphatic rings. The highest BCUT2D eigenvalue weighted by Gasteiger charge is 2.08. The fourth-order valence-electron chi connectivity index (χ4n) is 1.60. The number of hydrogen-bond acceptors (Lipinski definition) is 3. The summed E-state index contributed by atoms with van der Waals surface area (Å²) >= 11 is 1.67. The summed E-state index contributed by atoms with van der Waals surface area (Å²) in [7, 11) is 0. The van der Waals surface area contributed by atoms with Crippen molar-refractivity contribution in [3.63, 3.8) is 0 Å². The molecule has 0 amide bonds. The molecule has 0 aliphatic carbocycles. The van der Waals surface area contributed by atoms with E-state index in [2.05, 4.69) is 5.32 Å². The van der Waals surface area contributed by atoms with E-state index < -0.39 is 0 Å². The van der Waals surface area contributed by atoms with Crippen molar-refractivity contribution in [2.45, 2.75) is 19.5 Å². The standard InChI is InChI=1S/C13H14FNOS/c1-9(13-3-2-6-17-13)15-8-10-7-11(14)4-5-12(10)16/h2-7,9,15-16H,8H2,1H3/t9-/m0/s1. The molecule has 17 heavy (non-hydrogen) atoms. The van der Waals surface area contributed by atoms with Crippen LogP contribution in [0.3, 0.4) is 0 Å². The quantitative estimate of drug-likeness (QED) is 0.872. The summed E-state index contributed by atoms with van der Waals surface area (Å²) in [5.74, 6) is -0.208. The highest BCUT2D eigenvalue weighted by molar-refractivity contribution is 7.10. The van der Waals surface area contributed by atoms with Crippen LogP contribution in [0.1, 0.15) is 23.4 Å². The van der Waals surface area contributed by atoms with Gasteiger partial charge < -0.3 is 10.4 Å². The minimum Gasteiger partial charge on any atom is -0.508 e. The van der Waals surface area contributed by atoms with E-state index in [1.807, 2.05) is 24.4 Å². The molecule has 2 N–H and O–H groups in total. The first-order valence-electron chi connectivity index (χ1n) is 5.41. The molecule has 0 fully saturated rings. The van der Waals surface area contributed by atoms with Gasteiger partial charge in [-0.1, -0.05) is 6.07 Å². The maximum absolute atomic E-state index is 13.0. The Hall–Kier alpha value is -1.39. The van der Waals surface area contributed by atoms with Crippen LogP contribution in [0, 0.1) is 5.82 Å². The molecule has 90 valence electrons. The Morgan fingerprint density at radius 1 is 1.41 bits per heavy atom. The van der Waals surface area contributed by atoms with Crippen molar-refractivity contribution in [1.29, 1.82) is 0 Å². The fourth-order valence-corrected chi connectivity index (χ4v) is 2.36. The van der Waals surface area contributed by atoms with Gasteiger partial charge in [0, 0.05) is 23.0 Å². The van der Waals surface area contributed by atoms with Gasteiger partial charge >= 0.3 is 0 Å². The van der Waals surface area contributed by atoms with Crippen molar-refractivity contribution < 1.29 is 9.50 Å². The van der Waals surface area contributed by atoms with Crippen LogP contribution in [0.5, 0.6) is 5.75 Å². The molecular formula is C13H14FNOS. The molecule has 0 spiro atoms. The average molecular weight is 251 g/mol. The summed E-state index contributed by atoms with van der Waals surface area (Å²) in [4.78, 5) is 1.22. The van der Waals surface area contributed by atoms with Gasteiger partial charge in [-0.15, -0.1) is 11.3 Å². The van der Waals surface area contributed by atoms with E-state index in [-0.39, 0.29) is 17.6 Å². The summed E-state index contributed by atoms with van der Waals surface area (Å²) in [6, 6.07) is 8.22. The van der Waals surface area contributed by atoms with Crippen LogP contribution in [0.2, 0.25) is 0 Å². The third-order valence-electron chi connectivity index (χ3n) is 2.61. The molecule has 0 unspecified atom stereocenters. The molecule has 1 aromatic heterocycles. The van der Waals surface area contributed by atoms with Gasteiger partial charge in [-0.2, -0.15) is 0 Å². The first-order valence-corrected chi connectivity index (χ1v) is 6.29. The topological polar surface area (TPSA) is 32.3 Å². The molecule has 2 rings (SSSR count). The highest BCUT2D eigenvalue weighted by atomic mass is 32.1. The van der Waals surface area contributed by atoms with E-state index in [9.17, 15) is 9.50 Å². The van der Waals surface area contributed by atoms with E-state index in [1.165, 1.54) is 23.1 Å². The van der Waals surface area contributed by atoms with Crippen molar-refractivity contribution in [3.05, 3.63) is 52.0 Å². The summed E-state index contributed by atoms with van der Waals surface area (Å²) in [5, 5.41) is 14.8. The van der Waals surface area contributed by atoms with Gasteiger partial charge in [0.2, 0.25) is 0 Å². The van der Waals surface area contributed by atoms with Gasteiger partial charge in [0.15, 0.2) is 0 Å². The van der Waals surface area contributed by atoms with Gasteiger partial charge in [0.05, 0.1) is 0 Å². The molecule has 1 heterocycles. The van der Waals surface area contributed by atoms with Crippen LogP contribution < -0.4 is 5.32 Å². The summed E-state index contributed by atoms with van der Waals surface area (Å²) in [6.45, 7) is 2.49. The van der Waals surface area contributed by atoms with Crippen LogP contribution in [-0.4, -0.2) is 5.11 Å². The van der Waals surface area contributed by atoms with Crippen molar-refractivity contribution in [1.82, 2.24) is 5.32 Å². The van der Waals surface area contributed by atoms with Gasteiger partial charge in [0.25, 0.3) is 0 Å². The fraction of sp³-hybridized carbons (Fsp3) is 0.231. The number of phenols is 1. The number of hydrogen-bond donors (Lipinski definition) is 2. The monoisotopic (exact) mass is 251 g/mol. The highest BCUT2D eigenvalue weighted by Crippen LogP contribution is 2.21. The van der Waals surface area contributed by atoms with Crippen molar-refractivity contribution >= 4 is 11.3 Å². The smallest absolute Gasteiger partial charge is 0.123 e. The maximum Gasteiger partial charge on any atom is 0.123 e. The largest absolute Gasteiger partial charge is 0.508 e. The third-order valence-corrected chi connectivity index (χ3v) is 3.67. The average Bonchev–Trinajstić information content (AvgIpc) is 2.83. The Morgan fingerprint density at radius 2 is 2.24 bits per heavy atom. The van der Waals surface area contributed by atoms with Crippen LogP contribution >= 0.6 is 11.3 Å². The number of nitrogens with one attached hydrogen (secondary N) is 1. The van der Waals surface area contributed by atoms with Gasteiger partial charge in [-0.25, -0.2) is 4.39 Å². The summed E-state index contributed by atoms with van der Waals surface area (Å²) < 4.78 is 13.0. The minimum absolute atomic E-state index is 0.122. The van der Waals surface area contributed by atoms with Crippen LogP contribution in [0.25, 0.3) is 0 Å². The van der Waals surface area contributed by atoms with Crippen molar-refractivity contribution in [2.75, 3.05) is 0 Å². The zero-order valence-electron chi connectivity index (χ0n) is 9.48. The summed E-state index contributed by atoms with van der Waals surface area (Å²) in [6.07, 6.45) is 0. The summed E-state index contributed by atoms with van der Waals surface area (Å²) in [5.41, 5.74) is 0.577. The van der Waals surface area contributed by atoms with Gasteiger partial charge in [-0.05, 0) is 36.6 Å². The lowest BCUT2D eigenvalue weighted by atomic mass is 10.2. The van der Waals surface area contributed by atoms with E-state index in [1.54, 1.807) is 11.3 Å². The zero-order valence-corrected chi connectivity index (χ0v) is 10.3. The lowest BCUT2D eigenvalue weighted by Gasteiger charge is -2.12. The van der Waals surface area contributed by atoms with Crippen molar-refractivity contribution in [2.24, 2.45) is 0 Å². The normalized spacial score (nSPS) is 12.6. The van der Waals surface area contributed by atoms with Gasteiger partial charge in [0.1, 0.15) is 11.6 Å². The molecule has 2 aromatic rings. The molecule has 0 saturated heterocycles. The second-order valence-corrected chi connectivity index (χ2v) is 4.87. The molecule has 4 heteroatoms. The Kier molecular flexibility index (Phi) is 3.76. The number of phenolic OH excluding ortho intramolecular Hbond substituents is 1. The third kappa shape index (κ3) is 3.05. The number of rotatable bonds is 4. The molecule has 0 saturated carbocycles. The van der Waals surface area contributed by atoms with Crippen LogP contribution in [0.15, 0.2) is 35.7 Å². The van der Waals surface area contributed by atoms with E-state index in [0.717, 1.165) is 0 Å². The number of thiophene rings is 1. The molecule has 1 aromatic carbocycles. The number of aromatic hydroxyl groups is 1. The lowest BCUT2D eigenvalue weighted by Crippen LogP contribution is -2.17. The first-order chi connectivity index (χ1) is 8.16. The molecule has 0 aliphatic heterocycles. The molecule has 0 radical (unpaired) electrons. The Balaban J connectivity index is 2.00. The Bertz CT molecular complexity index is 484. The second kappa shape index (κ2) is 5.29. The van der Waals surface area contributed by atoms with Crippen LogP contribution in [-0.2, 0) is 6.54 Å². The molecular weight excluding hydrogens is 237 g/mol. The van der Waals surface area contributed by atoms with Crippen molar-refractivity contribution in [3.8, 4) is 5.75 Å². The predicted molar refractivity (Wildman–Crippen MR) is 67.6 cm³/mol. The molecule has 2 nitrogen and oxygen atoms in total. The Morgan fingerprint density at radius 3 is 2.94 bits per heavy atom. The molecule has 1 atom stereocenters. The Labute approximate surface area is 104 Å². The minimum atomic E-state index is -0.330. The maximum atomic E-state index is 13.0. The van der Waals surface area contributed by atoms with Gasteiger partial charge in [-0.3, -0.25) is 0 Å². The predicted octanol–water partition coefficient (Wildman–Crippen LogP) is 3.44. The lowest BCUT2D eigenvalue weighted by molar-refractivity contribution is 0.457. The first kappa shape index (κ1) is 12.1. The second-order valence-electron chi connectivity index (χ2n) is 3.89. The van der Waals surface area contributed by atoms with E-state index >= 15 is 0 Å². The van der Waals surface area contributed by atoms with E-state index in [4.69, 9.17) is 0 Å². The number of benzene rings is 1. The number of halogens is 1. The SMILES string of the molecule is C[C@H](NCc1cc(F)ccc1O)c1cccs1. The van der Waals surface area contributed by atoms with E-state index in [0.29, 0.717) is 12.1 Å². The van der Waals surface area contributed by atoms with Crippen LogP contribution in [0.4, 0.5) is 4.39 Å².